The van der Waals surface area contributed by atoms with Crippen molar-refractivity contribution in [3.63, 3.8) is 0 Å². The lowest BCUT2D eigenvalue weighted by atomic mass is 10.1. The zero-order valence-corrected chi connectivity index (χ0v) is 9.74. The van der Waals surface area contributed by atoms with Gasteiger partial charge < -0.3 is 11.5 Å². The number of unbranched alkanes of at least 4 members (excludes halogenated alkanes) is 2. The van der Waals surface area contributed by atoms with Gasteiger partial charge in [0.2, 0.25) is 11.8 Å². The summed E-state index contributed by atoms with van der Waals surface area (Å²) in [4.78, 5) is 42.9. The Labute approximate surface area is 99.7 Å². The maximum Gasteiger partial charge on any atom is 0.224 e. The molecule has 6 nitrogen and oxygen atoms in total. The van der Waals surface area contributed by atoms with Crippen LogP contribution in [0.25, 0.3) is 0 Å². The first-order valence-corrected chi connectivity index (χ1v) is 5.52. The molecule has 0 saturated heterocycles. The molecule has 0 unspecified atom stereocenters. The van der Waals surface area contributed by atoms with E-state index in [9.17, 15) is 19.2 Å². The van der Waals surface area contributed by atoms with Crippen LogP contribution < -0.4 is 11.5 Å². The van der Waals surface area contributed by atoms with Crippen LogP contribution in [0.15, 0.2) is 0 Å². The molecule has 0 bridgehead atoms. The molecule has 96 valence electrons. The van der Waals surface area contributed by atoms with Crippen LogP contribution in [0.1, 0.15) is 44.9 Å². The van der Waals surface area contributed by atoms with Crippen molar-refractivity contribution in [2.45, 2.75) is 44.9 Å². The van der Waals surface area contributed by atoms with E-state index in [-0.39, 0.29) is 24.4 Å². The van der Waals surface area contributed by atoms with Gasteiger partial charge in [-0.25, -0.2) is 0 Å². The van der Waals surface area contributed by atoms with Gasteiger partial charge in [0, 0.05) is 12.8 Å². The highest BCUT2D eigenvalue weighted by molar-refractivity contribution is 5.97. The minimum Gasteiger partial charge on any atom is -0.369 e. The van der Waals surface area contributed by atoms with Gasteiger partial charge in [0.05, 0.1) is 12.8 Å². The lowest BCUT2D eigenvalue weighted by Gasteiger charge is -2.00. The summed E-state index contributed by atoms with van der Waals surface area (Å²) in [6, 6.07) is 0. The molecule has 0 aliphatic carbocycles. The monoisotopic (exact) mass is 242 g/mol. The van der Waals surface area contributed by atoms with E-state index in [4.69, 9.17) is 11.5 Å². The SMILES string of the molecule is NC(=O)CC(=O)CCCCCC(=O)CC(N)=O. The average molecular weight is 242 g/mol. The normalized spacial score (nSPS) is 9.88. The molecule has 0 aromatic rings. The number of nitrogens with two attached hydrogens (primary N) is 2. The molecule has 0 aliphatic heterocycles. The highest BCUT2D eigenvalue weighted by atomic mass is 16.2. The zero-order valence-electron chi connectivity index (χ0n) is 9.74. The number of hydrogen-bond donors (Lipinski definition) is 2. The van der Waals surface area contributed by atoms with E-state index >= 15 is 0 Å². The first kappa shape index (κ1) is 15.3. The van der Waals surface area contributed by atoms with E-state index in [2.05, 4.69) is 0 Å². The van der Waals surface area contributed by atoms with Crippen molar-refractivity contribution in [2.75, 3.05) is 0 Å². The number of carbonyl (C=O) groups excluding carboxylic acids is 4. The van der Waals surface area contributed by atoms with Gasteiger partial charge in [0.25, 0.3) is 0 Å². The van der Waals surface area contributed by atoms with Crippen LogP contribution in [0.4, 0.5) is 0 Å². The molecule has 0 aromatic heterocycles. The van der Waals surface area contributed by atoms with Crippen LogP contribution in [-0.4, -0.2) is 23.4 Å². The van der Waals surface area contributed by atoms with Crippen molar-refractivity contribution >= 4 is 23.4 Å². The quantitative estimate of drug-likeness (QED) is 0.408. The lowest BCUT2D eigenvalue weighted by Crippen LogP contribution is -2.16. The number of rotatable bonds is 10. The van der Waals surface area contributed by atoms with Crippen molar-refractivity contribution in [3.05, 3.63) is 0 Å². The van der Waals surface area contributed by atoms with Crippen LogP contribution in [-0.2, 0) is 19.2 Å². The number of ketones is 2. The smallest absolute Gasteiger partial charge is 0.224 e. The van der Waals surface area contributed by atoms with Crippen molar-refractivity contribution in [3.8, 4) is 0 Å². The molecule has 0 saturated carbocycles. The Kier molecular flexibility index (Phi) is 7.58. The summed E-state index contributed by atoms with van der Waals surface area (Å²) >= 11 is 0. The third-order valence-electron chi connectivity index (χ3n) is 2.15. The van der Waals surface area contributed by atoms with Gasteiger partial charge in [-0.1, -0.05) is 6.42 Å². The molecular formula is C11H18N2O4. The van der Waals surface area contributed by atoms with E-state index in [1.54, 1.807) is 0 Å². The van der Waals surface area contributed by atoms with Gasteiger partial charge in [-0.2, -0.15) is 0 Å². The first-order valence-electron chi connectivity index (χ1n) is 5.52. The van der Waals surface area contributed by atoms with Gasteiger partial charge in [0.15, 0.2) is 0 Å². The number of Topliss-reactive ketones (excluding diaryl/α,β-unsaturated/α-hetero) is 2. The van der Waals surface area contributed by atoms with E-state index in [1.807, 2.05) is 0 Å². The van der Waals surface area contributed by atoms with Crippen LogP contribution in [0.5, 0.6) is 0 Å². The summed E-state index contributed by atoms with van der Waals surface area (Å²) in [5.74, 6) is -1.60. The molecule has 0 fully saturated rings. The zero-order chi connectivity index (χ0) is 13.3. The Bertz CT molecular complexity index is 283. The topological polar surface area (TPSA) is 120 Å². The molecule has 0 aliphatic rings. The van der Waals surface area contributed by atoms with Crippen molar-refractivity contribution in [1.29, 1.82) is 0 Å². The Balaban J connectivity index is 3.46. The van der Waals surface area contributed by atoms with Crippen LogP contribution in [0.2, 0.25) is 0 Å². The van der Waals surface area contributed by atoms with Gasteiger partial charge in [0.1, 0.15) is 11.6 Å². The maximum atomic E-state index is 11.1. The fraction of sp³-hybridized carbons (Fsp3) is 0.636. The average Bonchev–Trinajstić information content (AvgIpc) is 2.14. The summed E-state index contributed by atoms with van der Waals surface area (Å²) in [5, 5.41) is 0. The third kappa shape index (κ3) is 10.6. The Hall–Kier alpha value is -1.72. The predicted molar refractivity (Wildman–Crippen MR) is 60.7 cm³/mol. The third-order valence-corrected chi connectivity index (χ3v) is 2.15. The Morgan fingerprint density at radius 2 is 1.00 bits per heavy atom. The molecule has 0 atom stereocenters. The molecule has 0 rings (SSSR count). The summed E-state index contributed by atoms with van der Waals surface area (Å²) in [7, 11) is 0. The first-order chi connectivity index (χ1) is 7.91. The van der Waals surface area contributed by atoms with Crippen LogP contribution in [0, 0.1) is 0 Å². The fourth-order valence-corrected chi connectivity index (χ4v) is 1.39. The van der Waals surface area contributed by atoms with E-state index in [0.717, 1.165) is 0 Å². The van der Waals surface area contributed by atoms with Crippen molar-refractivity contribution in [2.24, 2.45) is 11.5 Å². The fourth-order valence-electron chi connectivity index (χ4n) is 1.39. The summed E-state index contributed by atoms with van der Waals surface area (Å²) in [6.45, 7) is 0. The second-order valence-corrected chi connectivity index (χ2v) is 3.92. The number of carbonyl (C=O) groups is 4. The number of hydrogen-bond acceptors (Lipinski definition) is 4. The van der Waals surface area contributed by atoms with Crippen LogP contribution >= 0.6 is 0 Å². The highest BCUT2D eigenvalue weighted by Gasteiger charge is 2.07. The van der Waals surface area contributed by atoms with Crippen molar-refractivity contribution < 1.29 is 19.2 Å². The molecule has 0 heterocycles. The number of primary amides is 2. The molecular weight excluding hydrogens is 224 g/mol. The molecule has 4 N–H and O–H groups in total. The van der Waals surface area contributed by atoms with Gasteiger partial charge in [-0.05, 0) is 12.8 Å². The van der Waals surface area contributed by atoms with Crippen LogP contribution in [0.3, 0.4) is 0 Å². The second-order valence-electron chi connectivity index (χ2n) is 3.92. The molecule has 6 heteroatoms. The highest BCUT2D eigenvalue weighted by Crippen LogP contribution is 2.06. The largest absolute Gasteiger partial charge is 0.369 e. The molecule has 17 heavy (non-hydrogen) atoms. The van der Waals surface area contributed by atoms with E-state index in [0.29, 0.717) is 32.1 Å². The molecule has 0 radical (unpaired) electrons. The lowest BCUT2D eigenvalue weighted by molar-refractivity contribution is -0.127. The van der Waals surface area contributed by atoms with E-state index in [1.165, 1.54) is 0 Å². The van der Waals surface area contributed by atoms with Gasteiger partial charge >= 0.3 is 0 Å². The Morgan fingerprint density at radius 3 is 1.29 bits per heavy atom. The van der Waals surface area contributed by atoms with Gasteiger partial charge in [-0.3, -0.25) is 19.2 Å². The summed E-state index contributed by atoms with van der Waals surface area (Å²) < 4.78 is 0. The second kappa shape index (κ2) is 8.43. The molecule has 0 spiro atoms. The predicted octanol–water partition coefficient (Wildman–Crippen LogP) is -0.174. The minimum atomic E-state index is -0.619. The summed E-state index contributed by atoms with van der Waals surface area (Å²) in [5.41, 5.74) is 9.72. The summed E-state index contributed by atoms with van der Waals surface area (Å²) in [6.07, 6.45) is 2.10. The Morgan fingerprint density at radius 1 is 0.647 bits per heavy atom. The van der Waals surface area contributed by atoms with E-state index < -0.39 is 11.8 Å². The molecule has 2 amide bonds. The van der Waals surface area contributed by atoms with Crippen molar-refractivity contribution in [1.82, 2.24) is 0 Å². The maximum absolute atomic E-state index is 11.1. The molecule has 0 aromatic carbocycles. The minimum absolute atomic E-state index is 0.180. The van der Waals surface area contributed by atoms with Gasteiger partial charge in [-0.15, -0.1) is 0 Å². The standard InChI is InChI=1S/C11H18N2O4/c12-10(16)6-8(14)4-2-1-3-5-9(15)7-11(13)17/h1-7H2,(H2,12,16)(H2,13,17). The number of amides is 2.